The standard InChI is InChI=1S/C15H13F9N2O2S/c16-12(17,13(18,19)14(20,21)15(22,23)24)11(28)26-10-8(9(25)27)6-4-2-1-3-5-7(6)29-10/h1-5H2,(H2,25,27)(H,26,28). The number of aryl methyl sites for hydroxylation is 1. The lowest BCUT2D eigenvalue weighted by Gasteiger charge is -2.32. The fraction of sp³-hybridized carbons (Fsp3) is 0.600. The number of hydrogen-bond donors (Lipinski definition) is 2. The summed E-state index contributed by atoms with van der Waals surface area (Å²) in [5, 5.41) is 0.479. The predicted octanol–water partition coefficient (Wildman–Crippen LogP) is 4.52. The van der Waals surface area contributed by atoms with Crippen molar-refractivity contribution >= 4 is 28.2 Å². The maximum absolute atomic E-state index is 13.7. The van der Waals surface area contributed by atoms with E-state index in [9.17, 15) is 49.1 Å². The molecule has 164 valence electrons. The molecule has 0 saturated carbocycles. The molecule has 0 atom stereocenters. The van der Waals surface area contributed by atoms with Crippen LogP contribution in [0.1, 0.15) is 40.1 Å². The molecular weight excluding hydrogens is 443 g/mol. The van der Waals surface area contributed by atoms with Gasteiger partial charge in [-0.15, -0.1) is 11.3 Å². The number of primary amides is 1. The number of carbonyl (C=O) groups excluding carboxylic acids is 2. The average molecular weight is 456 g/mol. The van der Waals surface area contributed by atoms with Gasteiger partial charge in [0.05, 0.1) is 5.56 Å². The number of carbonyl (C=O) groups is 2. The lowest BCUT2D eigenvalue weighted by molar-refractivity contribution is -0.388. The summed E-state index contributed by atoms with van der Waals surface area (Å²) >= 11 is 0.551. The Labute approximate surface area is 161 Å². The van der Waals surface area contributed by atoms with Crippen LogP contribution in [-0.2, 0) is 17.6 Å². The molecule has 1 aliphatic rings. The minimum absolute atomic E-state index is 0.263. The van der Waals surface area contributed by atoms with Gasteiger partial charge in [-0.05, 0) is 31.2 Å². The number of alkyl halides is 9. The van der Waals surface area contributed by atoms with Crippen molar-refractivity contribution in [2.75, 3.05) is 5.32 Å². The molecular formula is C15H13F9N2O2S. The second-order valence-electron chi connectivity index (χ2n) is 6.31. The molecule has 0 aromatic carbocycles. The first-order valence-electron chi connectivity index (χ1n) is 8.01. The fourth-order valence-corrected chi connectivity index (χ4v) is 4.08. The summed E-state index contributed by atoms with van der Waals surface area (Å²) in [6, 6.07) is 0. The zero-order valence-corrected chi connectivity index (χ0v) is 15.1. The summed E-state index contributed by atoms with van der Waals surface area (Å²) in [7, 11) is 0. The Kier molecular flexibility index (Phi) is 5.91. The first-order chi connectivity index (χ1) is 13.1. The summed E-state index contributed by atoms with van der Waals surface area (Å²) < 4.78 is 117. The van der Waals surface area contributed by atoms with Gasteiger partial charge in [0.1, 0.15) is 5.00 Å². The highest BCUT2D eigenvalue weighted by atomic mass is 32.1. The molecule has 0 aliphatic heterocycles. The number of rotatable bonds is 5. The summed E-state index contributed by atoms with van der Waals surface area (Å²) in [6.07, 6.45) is -4.46. The minimum Gasteiger partial charge on any atom is -0.365 e. The van der Waals surface area contributed by atoms with E-state index in [0.717, 1.165) is 6.42 Å². The Morgan fingerprint density at radius 2 is 1.41 bits per heavy atom. The third kappa shape index (κ3) is 3.78. The van der Waals surface area contributed by atoms with Crippen molar-refractivity contribution in [3.8, 4) is 0 Å². The van der Waals surface area contributed by atoms with Crippen molar-refractivity contribution in [2.45, 2.75) is 56.0 Å². The van der Waals surface area contributed by atoms with Gasteiger partial charge in [-0.2, -0.15) is 39.5 Å². The number of fused-ring (bicyclic) bond motifs is 1. The van der Waals surface area contributed by atoms with E-state index in [4.69, 9.17) is 5.73 Å². The van der Waals surface area contributed by atoms with Crippen LogP contribution in [0.5, 0.6) is 0 Å². The SMILES string of the molecule is NC(=O)c1c(NC(=O)C(F)(F)C(F)(F)C(F)(F)C(F)(F)F)sc2c1CCCCC2. The minimum atomic E-state index is -7.19. The van der Waals surface area contributed by atoms with E-state index in [2.05, 4.69) is 0 Å². The molecule has 1 aromatic rings. The van der Waals surface area contributed by atoms with Crippen molar-refractivity contribution in [3.05, 3.63) is 16.0 Å². The lowest BCUT2D eigenvalue weighted by atomic mass is 10.0. The summed E-state index contributed by atoms with van der Waals surface area (Å²) in [5.74, 6) is -25.1. The van der Waals surface area contributed by atoms with Crippen LogP contribution in [0.25, 0.3) is 0 Å². The van der Waals surface area contributed by atoms with Gasteiger partial charge in [0, 0.05) is 4.88 Å². The fourth-order valence-electron chi connectivity index (χ4n) is 2.79. The smallest absolute Gasteiger partial charge is 0.365 e. The third-order valence-electron chi connectivity index (χ3n) is 4.32. The van der Waals surface area contributed by atoms with Crippen LogP contribution in [0, 0.1) is 0 Å². The van der Waals surface area contributed by atoms with Gasteiger partial charge in [0.15, 0.2) is 0 Å². The second kappa shape index (κ2) is 7.36. The monoisotopic (exact) mass is 456 g/mol. The molecule has 1 heterocycles. The van der Waals surface area contributed by atoms with Crippen LogP contribution in [0.4, 0.5) is 44.5 Å². The van der Waals surface area contributed by atoms with E-state index in [1.807, 2.05) is 0 Å². The molecule has 0 fully saturated rings. The number of nitrogens with one attached hydrogen (secondary N) is 1. The van der Waals surface area contributed by atoms with Crippen LogP contribution >= 0.6 is 11.3 Å². The molecule has 2 rings (SSSR count). The maximum atomic E-state index is 13.7. The summed E-state index contributed by atoms with van der Waals surface area (Å²) in [6.45, 7) is 0. The molecule has 2 amide bonds. The van der Waals surface area contributed by atoms with Crippen LogP contribution in [-0.4, -0.2) is 35.8 Å². The van der Waals surface area contributed by atoms with Crippen LogP contribution in [0.2, 0.25) is 0 Å². The largest absolute Gasteiger partial charge is 0.460 e. The quantitative estimate of drug-likeness (QED) is 0.505. The number of amides is 2. The second-order valence-corrected chi connectivity index (χ2v) is 7.41. The normalized spacial score (nSPS) is 16.2. The van der Waals surface area contributed by atoms with Crippen LogP contribution < -0.4 is 11.1 Å². The van der Waals surface area contributed by atoms with Crippen LogP contribution in [0.15, 0.2) is 0 Å². The first-order valence-corrected chi connectivity index (χ1v) is 8.83. The zero-order chi connectivity index (χ0) is 22.4. The van der Waals surface area contributed by atoms with E-state index in [-0.39, 0.29) is 6.42 Å². The van der Waals surface area contributed by atoms with Crippen molar-refractivity contribution in [1.29, 1.82) is 0 Å². The van der Waals surface area contributed by atoms with Gasteiger partial charge >= 0.3 is 29.9 Å². The topological polar surface area (TPSA) is 72.2 Å². The van der Waals surface area contributed by atoms with Crippen molar-refractivity contribution in [3.63, 3.8) is 0 Å². The molecule has 0 radical (unpaired) electrons. The Balaban J connectivity index is 2.42. The number of hydrogen-bond acceptors (Lipinski definition) is 3. The highest BCUT2D eigenvalue weighted by molar-refractivity contribution is 7.17. The lowest BCUT2D eigenvalue weighted by Crippen LogP contribution is -2.64. The van der Waals surface area contributed by atoms with E-state index in [1.54, 1.807) is 0 Å². The zero-order valence-electron chi connectivity index (χ0n) is 14.2. The van der Waals surface area contributed by atoms with Gasteiger partial charge in [-0.25, -0.2) is 0 Å². The number of thiophene rings is 1. The highest BCUT2D eigenvalue weighted by Gasteiger charge is 2.83. The van der Waals surface area contributed by atoms with Gasteiger partial charge in [0.2, 0.25) is 0 Å². The maximum Gasteiger partial charge on any atom is 0.460 e. The Bertz CT molecular complexity index is 817. The predicted molar refractivity (Wildman–Crippen MR) is 83.6 cm³/mol. The van der Waals surface area contributed by atoms with E-state index >= 15 is 0 Å². The summed E-state index contributed by atoms with van der Waals surface area (Å²) in [5.41, 5.74) is 4.98. The number of halogens is 9. The highest BCUT2D eigenvalue weighted by Crippen LogP contribution is 2.53. The van der Waals surface area contributed by atoms with Gasteiger partial charge in [-0.3, -0.25) is 9.59 Å². The molecule has 0 unspecified atom stereocenters. The van der Waals surface area contributed by atoms with E-state index in [1.165, 1.54) is 5.32 Å². The Morgan fingerprint density at radius 1 is 0.862 bits per heavy atom. The van der Waals surface area contributed by atoms with Crippen molar-refractivity contribution < 1.29 is 49.1 Å². The van der Waals surface area contributed by atoms with Gasteiger partial charge in [0.25, 0.3) is 5.91 Å². The molecule has 14 heteroatoms. The Morgan fingerprint density at radius 3 is 1.93 bits per heavy atom. The number of anilines is 1. The molecule has 3 N–H and O–H groups in total. The first kappa shape index (κ1) is 23.3. The average Bonchev–Trinajstić information content (AvgIpc) is 2.74. The molecule has 0 saturated heterocycles. The molecule has 4 nitrogen and oxygen atoms in total. The van der Waals surface area contributed by atoms with Crippen molar-refractivity contribution in [2.24, 2.45) is 5.73 Å². The molecule has 1 aliphatic carbocycles. The van der Waals surface area contributed by atoms with Gasteiger partial charge in [-0.1, -0.05) is 6.42 Å². The molecule has 29 heavy (non-hydrogen) atoms. The third-order valence-corrected chi connectivity index (χ3v) is 5.53. The Hall–Kier alpha value is -1.99. The summed E-state index contributed by atoms with van der Waals surface area (Å²) in [4.78, 5) is 23.7. The van der Waals surface area contributed by atoms with E-state index in [0.29, 0.717) is 41.0 Å². The van der Waals surface area contributed by atoms with Gasteiger partial charge < -0.3 is 11.1 Å². The molecule has 0 spiro atoms. The van der Waals surface area contributed by atoms with Crippen molar-refractivity contribution in [1.82, 2.24) is 0 Å². The molecule has 0 bridgehead atoms. The van der Waals surface area contributed by atoms with E-state index < -0.39 is 46.3 Å². The van der Waals surface area contributed by atoms with Crippen LogP contribution in [0.3, 0.4) is 0 Å². The molecule has 1 aromatic heterocycles. The number of nitrogens with two attached hydrogens (primary N) is 1.